The Hall–Kier alpha value is -2.99. The molecule has 0 spiro atoms. The Morgan fingerprint density at radius 1 is 1.04 bits per heavy atom. The molecular weight excluding hydrogens is 575 g/mol. The van der Waals surface area contributed by atoms with Crippen molar-refractivity contribution in [1.29, 1.82) is 0 Å². The Morgan fingerprint density at radius 3 is 2.07 bits per heavy atom. The molecule has 1 aromatic carbocycles. The first-order valence-electron chi connectivity index (χ1n) is 16.5. The number of nitrogens with zero attached hydrogens (tertiary/aromatic N) is 3. The van der Waals surface area contributed by atoms with Crippen molar-refractivity contribution < 1.29 is 9.59 Å². The van der Waals surface area contributed by atoms with E-state index in [0.29, 0.717) is 6.54 Å². The van der Waals surface area contributed by atoms with Gasteiger partial charge in [-0.15, -0.1) is 0 Å². The van der Waals surface area contributed by atoms with Crippen LogP contribution in [0, 0.1) is 17.8 Å². The summed E-state index contributed by atoms with van der Waals surface area (Å²) in [5.41, 5.74) is 8.42. The quantitative estimate of drug-likeness (QED) is 0.0737. The molecule has 45 heavy (non-hydrogen) atoms. The van der Waals surface area contributed by atoms with Gasteiger partial charge in [-0.1, -0.05) is 113 Å². The van der Waals surface area contributed by atoms with Gasteiger partial charge in [0.1, 0.15) is 6.29 Å². The highest BCUT2D eigenvalue weighted by molar-refractivity contribution is 7.79. The van der Waals surface area contributed by atoms with Gasteiger partial charge in [-0.25, -0.2) is 0 Å². The van der Waals surface area contributed by atoms with Crippen LogP contribution in [0.4, 0.5) is 0 Å². The summed E-state index contributed by atoms with van der Waals surface area (Å²) in [7, 11) is 0. The lowest BCUT2D eigenvalue weighted by atomic mass is 9.91. The second kappa shape index (κ2) is 25.2. The summed E-state index contributed by atoms with van der Waals surface area (Å²) in [6.07, 6.45) is 12.8. The molecule has 1 unspecified atom stereocenters. The smallest absolute Gasteiger partial charge is 0.165 e. The van der Waals surface area contributed by atoms with Gasteiger partial charge in [-0.2, -0.15) is 17.7 Å². The Kier molecular flexibility index (Phi) is 24.7. The van der Waals surface area contributed by atoms with Gasteiger partial charge in [0.25, 0.3) is 0 Å². The van der Waals surface area contributed by atoms with E-state index in [4.69, 9.17) is 5.10 Å². The molecule has 0 aliphatic carbocycles. The number of hydrogen-bond donors (Lipinski definition) is 1. The van der Waals surface area contributed by atoms with E-state index in [1.54, 1.807) is 12.5 Å². The second-order valence-corrected chi connectivity index (χ2v) is 12.0. The average Bonchev–Trinajstić information content (AvgIpc) is 3.41. The number of aliphatic imine (C=N–C) groups is 1. The van der Waals surface area contributed by atoms with E-state index in [1.165, 1.54) is 5.69 Å². The average molecular weight is 638 g/mol. The van der Waals surface area contributed by atoms with Crippen molar-refractivity contribution in [1.82, 2.24) is 9.78 Å². The van der Waals surface area contributed by atoms with Crippen LogP contribution in [-0.4, -0.2) is 33.8 Å². The highest BCUT2D eigenvalue weighted by atomic mass is 32.1. The van der Waals surface area contributed by atoms with E-state index < -0.39 is 0 Å². The zero-order chi connectivity index (χ0) is 35.1. The number of aldehydes is 1. The molecule has 0 amide bonds. The number of allylic oxidation sites excluding steroid dienone is 3. The summed E-state index contributed by atoms with van der Waals surface area (Å²) in [4.78, 5) is 26.8. The molecule has 0 N–H and O–H groups in total. The van der Waals surface area contributed by atoms with Crippen molar-refractivity contribution in [2.75, 3.05) is 6.26 Å². The molecule has 2 rings (SSSR count). The molecule has 0 radical (unpaired) electrons. The van der Waals surface area contributed by atoms with Crippen molar-refractivity contribution in [2.45, 2.75) is 115 Å². The van der Waals surface area contributed by atoms with Crippen LogP contribution in [-0.2, 0) is 24.2 Å². The van der Waals surface area contributed by atoms with Crippen LogP contribution in [0.2, 0.25) is 0 Å². The monoisotopic (exact) mass is 637 g/mol. The highest BCUT2D eigenvalue weighted by Gasteiger charge is 2.19. The van der Waals surface area contributed by atoms with Crippen LogP contribution in [0.5, 0.6) is 0 Å². The normalized spacial score (nSPS) is 11.8. The third-order valence-electron chi connectivity index (χ3n) is 6.68. The molecule has 0 aliphatic heterocycles. The molecule has 5 nitrogen and oxygen atoms in total. The number of benzene rings is 1. The van der Waals surface area contributed by atoms with Crippen molar-refractivity contribution in [3.05, 3.63) is 83.4 Å². The second-order valence-electron chi connectivity index (χ2n) is 12.0. The summed E-state index contributed by atoms with van der Waals surface area (Å²) in [5.74, 6) is 1.32. The summed E-state index contributed by atoms with van der Waals surface area (Å²) in [5, 5.41) is 4.78. The number of hydrogen-bond acceptors (Lipinski definition) is 5. The Labute approximate surface area is 281 Å². The third-order valence-corrected chi connectivity index (χ3v) is 6.68. The predicted octanol–water partition coefficient (Wildman–Crippen LogP) is 10.7. The summed E-state index contributed by atoms with van der Waals surface area (Å²) in [6.45, 7) is 31.3. The lowest BCUT2D eigenvalue weighted by Crippen LogP contribution is -2.14. The summed E-state index contributed by atoms with van der Waals surface area (Å²) in [6, 6.07) is 6.25. The van der Waals surface area contributed by atoms with Crippen molar-refractivity contribution in [2.24, 2.45) is 22.7 Å². The molecule has 1 atom stereocenters. The standard InChI is InChI=1S/C30H41N3O.C4H8O.C4H10.CH4S/c1-9-14-29-28(27(17-21(6)10-2)23(8)31-13-5)19-32-33(29)20-24-15-16-26(25(12-4)18-24)30(34)22(7)11-3;1-4(2)3-5;1-4(2)3;1-2/h13,15-19,22H,5-6,9-12,14,20H2,1-4,7-8H3;3-4H,1-2H3;4H,1-3H3;2H,1H3/b27-17-,31-23?;;;. The minimum absolute atomic E-state index is 0.0459. The van der Waals surface area contributed by atoms with Gasteiger partial charge in [0.15, 0.2) is 5.78 Å². The number of aromatic nitrogens is 2. The third kappa shape index (κ3) is 16.8. The van der Waals surface area contributed by atoms with Crippen LogP contribution < -0.4 is 0 Å². The van der Waals surface area contributed by atoms with Crippen LogP contribution >= 0.6 is 12.6 Å². The minimum atomic E-state index is 0.0459. The maximum atomic E-state index is 12.8. The van der Waals surface area contributed by atoms with Crippen LogP contribution in [0.1, 0.15) is 128 Å². The van der Waals surface area contributed by atoms with Gasteiger partial charge in [0.2, 0.25) is 0 Å². The van der Waals surface area contributed by atoms with Gasteiger partial charge < -0.3 is 4.79 Å². The van der Waals surface area contributed by atoms with E-state index in [-0.39, 0.29) is 17.6 Å². The number of Topliss-reactive ketones (excluding diaryl/α,β-unsaturated/α-hetero) is 1. The number of thiol groups is 1. The van der Waals surface area contributed by atoms with Gasteiger partial charge in [0, 0.05) is 46.1 Å². The molecule has 6 heteroatoms. The minimum Gasteiger partial charge on any atom is -0.303 e. The lowest BCUT2D eigenvalue weighted by Gasteiger charge is -2.15. The van der Waals surface area contributed by atoms with Crippen LogP contribution in [0.3, 0.4) is 0 Å². The van der Waals surface area contributed by atoms with Gasteiger partial charge in [-0.05, 0) is 62.0 Å². The Morgan fingerprint density at radius 2 is 1.62 bits per heavy atom. The predicted molar refractivity (Wildman–Crippen MR) is 202 cm³/mol. The molecule has 2 aromatic rings. The summed E-state index contributed by atoms with van der Waals surface area (Å²) >= 11 is 3.53. The van der Waals surface area contributed by atoms with E-state index in [2.05, 4.69) is 102 Å². The fraction of sp³-hybridized carbons (Fsp3) is 0.538. The lowest BCUT2D eigenvalue weighted by molar-refractivity contribution is -0.110. The molecule has 1 heterocycles. The highest BCUT2D eigenvalue weighted by Crippen LogP contribution is 2.26. The van der Waals surface area contributed by atoms with Crippen molar-refractivity contribution in [3.63, 3.8) is 0 Å². The Bertz CT molecular complexity index is 1230. The first kappa shape index (κ1) is 44.1. The topological polar surface area (TPSA) is 64.3 Å². The maximum absolute atomic E-state index is 12.8. The number of carbonyl (C=O) groups excluding carboxylic acids is 2. The fourth-order valence-electron chi connectivity index (χ4n) is 4.06. The maximum Gasteiger partial charge on any atom is 0.165 e. The molecular formula is C39H63N3O2S. The van der Waals surface area contributed by atoms with E-state index >= 15 is 0 Å². The molecule has 252 valence electrons. The largest absolute Gasteiger partial charge is 0.303 e. The zero-order valence-corrected chi connectivity index (χ0v) is 31.4. The van der Waals surface area contributed by atoms with Gasteiger partial charge in [-0.3, -0.25) is 14.5 Å². The number of ketones is 1. The molecule has 1 aromatic heterocycles. The van der Waals surface area contributed by atoms with Gasteiger partial charge in [0.05, 0.1) is 12.7 Å². The molecule has 0 saturated carbocycles. The number of carbonyl (C=O) groups is 2. The van der Waals surface area contributed by atoms with E-state index in [1.807, 2.05) is 40.0 Å². The first-order valence-corrected chi connectivity index (χ1v) is 17.4. The van der Waals surface area contributed by atoms with E-state index in [9.17, 15) is 9.59 Å². The number of rotatable bonds is 14. The molecule has 0 bridgehead atoms. The van der Waals surface area contributed by atoms with Crippen molar-refractivity contribution >= 4 is 36.0 Å². The van der Waals surface area contributed by atoms with Gasteiger partial charge >= 0.3 is 0 Å². The summed E-state index contributed by atoms with van der Waals surface area (Å²) < 4.78 is 2.09. The Balaban J connectivity index is 0. The number of aryl methyl sites for hydroxylation is 1. The molecule has 0 fully saturated rings. The van der Waals surface area contributed by atoms with Crippen LogP contribution in [0.15, 0.2) is 60.4 Å². The molecule has 0 saturated heterocycles. The van der Waals surface area contributed by atoms with Crippen LogP contribution in [0.25, 0.3) is 5.57 Å². The first-order chi connectivity index (χ1) is 21.3. The fourth-order valence-corrected chi connectivity index (χ4v) is 4.06. The van der Waals surface area contributed by atoms with E-state index in [0.717, 1.165) is 83.4 Å². The van der Waals surface area contributed by atoms with Crippen molar-refractivity contribution in [3.8, 4) is 0 Å². The zero-order valence-electron chi connectivity index (χ0n) is 30.5. The molecule has 0 aliphatic rings. The SMILES string of the molecule is C=CN=C(C)/C(=C/C(=C)CC)c1cnn(Cc2ccc(C(=O)C(C)CC)c(CC)c2)c1CCC.CC(C)C.CC(C)C=O.CS.